The molecule has 2 aromatic rings. The maximum Gasteiger partial charge on any atom is 0.128 e. The number of ether oxygens (including phenoxy) is 1. The fourth-order valence-corrected chi connectivity index (χ4v) is 2.37. The van der Waals surface area contributed by atoms with E-state index in [0.717, 1.165) is 24.5 Å². The Kier molecular flexibility index (Phi) is 3.30. The number of hydrogen-bond donors (Lipinski definition) is 1. The third-order valence-electron chi connectivity index (χ3n) is 3.18. The van der Waals surface area contributed by atoms with E-state index in [2.05, 4.69) is 5.32 Å². The van der Waals surface area contributed by atoms with Crippen LogP contribution >= 0.6 is 11.6 Å². The molecule has 0 saturated heterocycles. The molecule has 3 rings (SSSR count). The highest BCUT2D eigenvalue weighted by atomic mass is 35.5. The molecule has 0 spiro atoms. The number of halogens is 2. The predicted octanol–water partition coefficient (Wildman–Crippen LogP) is 4.03. The van der Waals surface area contributed by atoms with E-state index in [-0.39, 0.29) is 5.82 Å². The SMILES string of the molecule is Fc1ccc(Cl)cc1CNc1ccc2c(c1)CCO2. The van der Waals surface area contributed by atoms with Gasteiger partial charge in [-0.05, 0) is 42.0 Å². The first-order valence-electron chi connectivity index (χ1n) is 6.16. The second-order valence-corrected chi connectivity index (χ2v) is 4.95. The lowest BCUT2D eigenvalue weighted by Gasteiger charge is -2.09. The molecule has 0 bridgehead atoms. The summed E-state index contributed by atoms with van der Waals surface area (Å²) in [5, 5.41) is 3.75. The molecule has 1 heterocycles. The van der Waals surface area contributed by atoms with E-state index in [0.29, 0.717) is 17.1 Å². The highest BCUT2D eigenvalue weighted by molar-refractivity contribution is 6.30. The average molecular weight is 278 g/mol. The lowest BCUT2D eigenvalue weighted by atomic mass is 10.1. The summed E-state index contributed by atoms with van der Waals surface area (Å²) in [4.78, 5) is 0. The zero-order chi connectivity index (χ0) is 13.2. The van der Waals surface area contributed by atoms with Gasteiger partial charge in [-0.15, -0.1) is 0 Å². The first-order chi connectivity index (χ1) is 9.22. The molecule has 0 amide bonds. The lowest BCUT2D eigenvalue weighted by Crippen LogP contribution is -2.02. The van der Waals surface area contributed by atoms with Crippen LogP contribution in [0.25, 0.3) is 0 Å². The van der Waals surface area contributed by atoms with Crippen molar-refractivity contribution in [3.63, 3.8) is 0 Å². The van der Waals surface area contributed by atoms with Gasteiger partial charge in [0.15, 0.2) is 0 Å². The summed E-state index contributed by atoms with van der Waals surface area (Å²) in [6.07, 6.45) is 0.927. The van der Waals surface area contributed by atoms with Gasteiger partial charge in [-0.2, -0.15) is 0 Å². The van der Waals surface area contributed by atoms with Crippen molar-refractivity contribution in [2.45, 2.75) is 13.0 Å². The predicted molar refractivity (Wildman–Crippen MR) is 74.4 cm³/mol. The Morgan fingerprint density at radius 3 is 3.00 bits per heavy atom. The third-order valence-corrected chi connectivity index (χ3v) is 3.42. The molecule has 0 atom stereocenters. The van der Waals surface area contributed by atoms with Gasteiger partial charge in [0.25, 0.3) is 0 Å². The normalized spacial score (nSPS) is 12.9. The zero-order valence-corrected chi connectivity index (χ0v) is 11.0. The molecule has 0 aromatic heterocycles. The fraction of sp³-hybridized carbons (Fsp3) is 0.200. The van der Waals surface area contributed by atoms with Crippen LogP contribution < -0.4 is 10.1 Å². The lowest BCUT2D eigenvalue weighted by molar-refractivity contribution is 0.357. The van der Waals surface area contributed by atoms with Crippen LogP contribution in [0.2, 0.25) is 5.02 Å². The molecule has 2 nitrogen and oxygen atoms in total. The molecule has 1 aliphatic rings. The molecule has 2 aromatic carbocycles. The van der Waals surface area contributed by atoms with E-state index in [4.69, 9.17) is 16.3 Å². The highest BCUT2D eigenvalue weighted by Gasteiger charge is 2.12. The van der Waals surface area contributed by atoms with Crippen molar-refractivity contribution in [1.82, 2.24) is 0 Å². The van der Waals surface area contributed by atoms with Crippen molar-refractivity contribution in [1.29, 1.82) is 0 Å². The zero-order valence-electron chi connectivity index (χ0n) is 10.2. The van der Waals surface area contributed by atoms with Gasteiger partial charge in [0, 0.05) is 29.2 Å². The Morgan fingerprint density at radius 1 is 1.21 bits per heavy atom. The molecule has 1 N–H and O–H groups in total. The first kappa shape index (κ1) is 12.3. The van der Waals surface area contributed by atoms with Crippen molar-refractivity contribution >= 4 is 17.3 Å². The minimum Gasteiger partial charge on any atom is -0.493 e. The van der Waals surface area contributed by atoms with Gasteiger partial charge in [-0.3, -0.25) is 0 Å². The smallest absolute Gasteiger partial charge is 0.128 e. The third kappa shape index (κ3) is 2.66. The molecule has 98 valence electrons. The van der Waals surface area contributed by atoms with Crippen LogP contribution in [0.5, 0.6) is 5.75 Å². The highest BCUT2D eigenvalue weighted by Crippen LogP contribution is 2.28. The molecule has 0 radical (unpaired) electrons. The molecule has 0 aliphatic carbocycles. The molecular formula is C15H13ClFNO. The number of anilines is 1. The van der Waals surface area contributed by atoms with Crippen LogP contribution in [0.15, 0.2) is 36.4 Å². The van der Waals surface area contributed by atoms with Crippen molar-refractivity contribution in [3.8, 4) is 5.75 Å². The van der Waals surface area contributed by atoms with Crippen LogP contribution in [0, 0.1) is 5.82 Å². The Bertz CT molecular complexity index is 615. The molecule has 1 aliphatic heterocycles. The molecule has 19 heavy (non-hydrogen) atoms. The maximum atomic E-state index is 13.6. The number of benzene rings is 2. The van der Waals surface area contributed by atoms with Crippen molar-refractivity contribution in [2.75, 3.05) is 11.9 Å². The summed E-state index contributed by atoms with van der Waals surface area (Å²) in [5.41, 5.74) is 2.71. The molecule has 0 saturated carbocycles. The average Bonchev–Trinajstić information content (AvgIpc) is 2.87. The standard InChI is InChI=1S/C15H13ClFNO/c16-12-1-3-14(17)11(7-12)9-18-13-2-4-15-10(8-13)5-6-19-15/h1-4,7-8,18H,5-6,9H2. The molecule has 4 heteroatoms. The Labute approximate surface area is 116 Å². The molecule has 0 fully saturated rings. The monoisotopic (exact) mass is 277 g/mol. The molecular weight excluding hydrogens is 265 g/mol. The summed E-state index contributed by atoms with van der Waals surface area (Å²) in [7, 11) is 0. The quantitative estimate of drug-likeness (QED) is 0.915. The van der Waals surface area contributed by atoms with Crippen LogP contribution in [0.3, 0.4) is 0 Å². The second-order valence-electron chi connectivity index (χ2n) is 4.51. The largest absolute Gasteiger partial charge is 0.493 e. The number of rotatable bonds is 3. The Balaban J connectivity index is 1.74. The minimum atomic E-state index is -0.249. The van der Waals surface area contributed by atoms with E-state index < -0.39 is 0 Å². The van der Waals surface area contributed by atoms with Crippen LogP contribution in [-0.2, 0) is 13.0 Å². The molecule has 0 unspecified atom stereocenters. The number of nitrogens with one attached hydrogen (secondary N) is 1. The summed E-state index contributed by atoms with van der Waals surface area (Å²) in [6, 6.07) is 10.5. The number of fused-ring (bicyclic) bond motifs is 1. The Morgan fingerprint density at radius 2 is 2.11 bits per heavy atom. The number of hydrogen-bond acceptors (Lipinski definition) is 2. The van der Waals surface area contributed by atoms with E-state index in [9.17, 15) is 4.39 Å². The van der Waals surface area contributed by atoms with Crippen LogP contribution in [0.4, 0.5) is 10.1 Å². The van der Waals surface area contributed by atoms with Crippen molar-refractivity contribution in [3.05, 3.63) is 58.4 Å². The minimum absolute atomic E-state index is 0.249. The van der Waals surface area contributed by atoms with Gasteiger partial charge in [-0.1, -0.05) is 11.6 Å². The maximum absolute atomic E-state index is 13.6. The van der Waals surface area contributed by atoms with E-state index in [1.54, 1.807) is 12.1 Å². The first-order valence-corrected chi connectivity index (χ1v) is 6.54. The summed E-state index contributed by atoms with van der Waals surface area (Å²) < 4.78 is 19.0. The second kappa shape index (κ2) is 5.10. The van der Waals surface area contributed by atoms with Gasteiger partial charge in [0.05, 0.1) is 6.61 Å². The summed E-state index contributed by atoms with van der Waals surface area (Å²) in [5.74, 6) is 0.695. The van der Waals surface area contributed by atoms with E-state index in [1.165, 1.54) is 11.6 Å². The van der Waals surface area contributed by atoms with E-state index >= 15 is 0 Å². The fourth-order valence-electron chi connectivity index (χ4n) is 2.17. The van der Waals surface area contributed by atoms with Gasteiger partial charge >= 0.3 is 0 Å². The van der Waals surface area contributed by atoms with Gasteiger partial charge in [0.2, 0.25) is 0 Å². The van der Waals surface area contributed by atoms with Gasteiger partial charge < -0.3 is 10.1 Å². The topological polar surface area (TPSA) is 21.3 Å². The van der Waals surface area contributed by atoms with Gasteiger partial charge in [0.1, 0.15) is 11.6 Å². The summed E-state index contributed by atoms with van der Waals surface area (Å²) in [6.45, 7) is 1.15. The van der Waals surface area contributed by atoms with Crippen molar-refractivity contribution in [2.24, 2.45) is 0 Å². The van der Waals surface area contributed by atoms with E-state index in [1.807, 2.05) is 18.2 Å². The van der Waals surface area contributed by atoms with Crippen LogP contribution in [0.1, 0.15) is 11.1 Å². The Hall–Kier alpha value is -1.74. The summed E-state index contributed by atoms with van der Waals surface area (Å²) >= 11 is 5.86. The van der Waals surface area contributed by atoms with Crippen LogP contribution in [-0.4, -0.2) is 6.61 Å². The van der Waals surface area contributed by atoms with Gasteiger partial charge in [-0.25, -0.2) is 4.39 Å². The van der Waals surface area contributed by atoms with Crippen molar-refractivity contribution < 1.29 is 9.13 Å².